The first-order chi connectivity index (χ1) is 12.8. The molecular formula is C18H24N4O4. The van der Waals surface area contributed by atoms with Crippen molar-refractivity contribution in [3.8, 4) is 0 Å². The molecule has 3 heterocycles. The molecule has 140 valence electrons. The molecule has 0 atom stereocenters. The Balaban J connectivity index is 1.43. The van der Waals surface area contributed by atoms with E-state index in [0.717, 1.165) is 44.7 Å². The largest absolute Gasteiger partial charge is 0.372 e. The summed E-state index contributed by atoms with van der Waals surface area (Å²) in [4.78, 5) is 34.8. The normalized spacial score (nSPS) is 19.0. The second-order valence-electron chi connectivity index (χ2n) is 6.34. The molecule has 1 N–H and O–H groups in total. The molecule has 1 aromatic rings. The van der Waals surface area contributed by atoms with E-state index < -0.39 is 5.97 Å². The van der Waals surface area contributed by atoms with E-state index in [2.05, 4.69) is 15.2 Å². The summed E-state index contributed by atoms with van der Waals surface area (Å²) in [6.45, 7) is 4.30. The SMILES string of the molecule is O=C=C(COC1CCNCC1)C(=O)ON1CCN(c2ccncc2)CC1. The first-order valence-corrected chi connectivity index (χ1v) is 8.95. The highest BCUT2D eigenvalue weighted by atomic mass is 16.7. The lowest BCUT2D eigenvalue weighted by Crippen LogP contribution is -2.47. The van der Waals surface area contributed by atoms with Crippen molar-refractivity contribution in [1.82, 2.24) is 15.4 Å². The van der Waals surface area contributed by atoms with E-state index in [-0.39, 0.29) is 18.3 Å². The first-order valence-electron chi connectivity index (χ1n) is 8.95. The summed E-state index contributed by atoms with van der Waals surface area (Å²) in [5, 5.41) is 4.82. The minimum absolute atomic E-state index is 0.0516. The van der Waals surface area contributed by atoms with Gasteiger partial charge in [-0.15, -0.1) is 5.06 Å². The van der Waals surface area contributed by atoms with E-state index in [1.54, 1.807) is 23.4 Å². The van der Waals surface area contributed by atoms with Crippen LogP contribution in [-0.2, 0) is 19.2 Å². The lowest BCUT2D eigenvalue weighted by molar-refractivity contribution is -0.187. The third kappa shape index (κ3) is 5.12. The van der Waals surface area contributed by atoms with Crippen molar-refractivity contribution in [2.45, 2.75) is 18.9 Å². The van der Waals surface area contributed by atoms with E-state index in [4.69, 9.17) is 9.57 Å². The maximum atomic E-state index is 12.2. The van der Waals surface area contributed by atoms with Gasteiger partial charge >= 0.3 is 5.97 Å². The van der Waals surface area contributed by atoms with Gasteiger partial charge in [0.05, 0.1) is 25.8 Å². The Labute approximate surface area is 152 Å². The molecule has 0 unspecified atom stereocenters. The number of nitrogens with zero attached hydrogens (tertiary/aromatic N) is 3. The molecule has 8 heteroatoms. The van der Waals surface area contributed by atoms with Crippen molar-refractivity contribution in [3.05, 3.63) is 30.1 Å². The molecule has 0 spiro atoms. The molecule has 2 aliphatic rings. The second-order valence-corrected chi connectivity index (χ2v) is 6.34. The number of carbonyl (C=O) groups is 1. The van der Waals surface area contributed by atoms with Crippen LogP contribution >= 0.6 is 0 Å². The number of rotatable bonds is 6. The van der Waals surface area contributed by atoms with Gasteiger partial charge in [0, 0.05) is 31.2 Å². The molecular weight excluding hydrogens is 336 g/mol. The Morgan fingerprint density at radius 3 is 2.54 bits per heavy atom. The predicted octanol–water partition coefficient (Wildman–Crippen LogP) is 0.188. The van der Waals surface area contributed by atoms with Crippen molar-refractivity contribution < 1.29 is 19.2 Å². The van der Waals surface area contributed by atoms with Crippen LogP contribution in [0.15, 0.2) is 30.1 Å². The van der Waals surface area contributed by atoms with Crippen molar-refractivity contribution in [1.29, 1.82) is 0 Å². The Hall–Kier alpha value is -2.25. The average Bonchev–Trinajstić information content (AvgIpc) is 2.70. The topological polar surface area (TPSA) is 84.0 Å². The Morgan fingerprint density at radius 1 is 1.19 bits per heavy atom. The number of hydroxylamine groups is 2. The molecule has 0 amide bonds. The Morgan fingerprint density at radius 2 is 1.88 bits per heavy atom. The molecule has 0 aliphatic carbocycles. The zero-order chi connectivity index (χ0) is 18.2. The molecule has 8 nitrogen and oxygen atoms in total. The molecule has 26 heavy (non-hydrogen) atoms. The maximum Gasteiger partial charge on any atom is 0.366 e. The minimum atomic E-state index is -0.675. The number of ether oxygens (including phenoxy) is 1. The highest BCUT2D eigenvalue weighted by molar-refractivity contribution is 5.96. The maximum absolute atomic E-state index is 12.2. The van der Waals surface area contributed by atoms with E-state index in [9.17, 15) is 9.59 Å². The fourth-order valence-corrected chi connectivity index (χ4v) is 3.06. The molecule has 2 saturated heterocycles. The lowest BCUT2D eigenvalue weighted by Gasteiger charge is -2.34. The van der Waals surface area contributed by atoms with Crippen LogP contribution in [0.1, 0.15) is 12.8 Å². The highest BCUT2D eigenvalue weighted by Gasteiger charge is 2.24. The van der Waals surface area contributed by atoms with Gasteiger partial charge in [-0.05, 0) is 38.1 Å². The van der Waals surface area contributed by atoms with Crippen molar-refractivity contribution in [2.24, 2.45) is 0 Å². The Kier molecular flexibility index (Phi) is 6.74. The van der Waals surface area contributed by atoms with Crippen LogP contribution in [0.4, 0.5) is 5.69 Å². The van der Waals surface area contributed by atoms with Crippen LogP contribution in [0, 0.1) is 0 Å². The van der Waals surface area contributed by atoms with Gasteiger partial charge in [0.15, 0.2) is 0 Å². The van der Waals surface area contributed by atoms with Gasteiger partial charge in [0.2, 0.25) is 0 Å². The number of nitrogens with one attached hydrogen (secondary N) is 1. The molecule has 0 aromatic carbocycles. The average molecular weight is 360 g/mol. The Bertz CT molecular complexity index is 634. The van der Waals surface area contributed by atoms with E-state index >= 15 is 0 Å². The third-order valence-electron chi connectivity index (χ3n) is 4.60. The van der Waals surface area contributed by atoms with Gasteiger partial charge in [-0.2, -0.15) is 0 Å². The second kappa shape index (κ2) is 9.45. The van der Waals surface area contributed by atoms with Crippen LogP contribution in [0.3, 0.4) is 0 Å². The zero-order valence-electron chi connectivity index (χ0n) is 14.7. The highest BCUT2D eigenvalue weighted by Crippen LogP contribution is 2.15. The van der Waals surface area contributed by atoms with Gasteiger partial charge in [0.1, 0.15) is 11.5 Å². The van der Waals surface area contributed by atoms with Gasteiger partial charge in [0.25, 0.3) is 0 Å². The quantitative estimate of drug-likeness (QED) is 0.569. The summed E-state index contributed by atoms with van der Waals surface area (Å²) in [5.41, 5.74) is 0.995. The monoisotopic (exact) mass is 360 g/mol. The van der Waals surface area contributed by atoms with Crippen LogP contribution in [0.5, 0.6) is 0 Å². The number of hydrogen-bond donors (Lipinski definition) is 1. The smallest absolute Gasteiger partial charge is 0.366 e. The van der Waals surface area contributed by atoms with Crippen LogP contribution in [0.2, 0.25) is 0 Å². The molecule has 2 fully saturated rings. The van der Waals surface area contributed by atoms with Crippen molar-refractivity contribution >= 4 is 17.6 Å². The zero-order valence-corrected chi connectivity index (χ0v) is 14.7. The summed E-state index contributed by atoms with van der Waals surface area (Å²) in [6.07, 6.45) is 5.32. The minimum Gasteiger partial charge on any atom is -0.372 e. The third-order valence-corrected chi connectivity index (χ3v) is 4.60. The number of carbonyl (C=O) groups excluding carboxylic acids is 2. The molecule has 0 radical (unpaired) electrons. The van der Waals surface area contributed by atoms with Crippen molar-refractivity contribution in [3.63, 3.8) is 0 Å². The van der Waals surface area contributed by atoms with Crippen molar-refractivity contribution in [2.75, 3.05) is 50.8 Å². The summed E-state index contributed by atoms with van der Waals surface area (Å²) in [5.74, 6) is 0.998. The number of anilines is 1. The first kappa shape index (κ1) is 18.5. The summed E-state index contributed by atoms with van der Waals surface area (Å²) in [7, 11) is 0. The molecule has 3 rings (SSSR count). The van der Waals surface area contributed by atoms with E-state index in [1.807, 2.05) is 12.1 Å². The van der Waals surface area contributed by atoms with E-state index in [1.165, 1.54) is 0 Å². The number of piperazine rings is 1. The lowest BCUT2D eigenvalue weighted by atomic mass is 10.1. The number of aromatic nitrogens is 1. The van der Waals surface area contributed by atoms with Crippen LogP contribution in [0.25, 0.3) is 0 Å². The summed E-state index contributed by atoms with van der Waals surface area (Å²) in [6, 6.07) is 3.90. The van der Waals surface area contributed by atoms with Crippen LogP contribution in [-0.4, -0.2) is 73.9 Å². The van der Waals surface area contributed by atoms with Gasteiger partial charge < -0.3 is 19.8 Å². The molecule has 0 saturated carbocycles. The summed E-state index contributed by atoms with van der Waals surface area (Å²) < 4.78 is 5.65. The fraction of sp³-hybridized carbons (Fsp3) is 0.556. The number of pyridine rings is 1. The van der Waals surface area contributed by atoms with Gasteiger partial charge in [-0.1, -0.05) is 0 Å². The van der Waals surface area contributed by atoms with Gasteiger partial charge in [-0.3, -0.25) is 4.98 Å². The standard InChI is InChI=1S/C18H24N4O4/c23-13-15(14-25-17-3-7-20-8-4-17)18(24)26-22-11-9-21(10-12-22)16-1-5-19-6-2-16/h1-2,5-6,17,20H,3-4,7-12,14H2. The fourth-order valence-electron chi connectivity index (χ4n) is 3.06. The number of piperidine rings is 1. The van der Waals surface area contributed by atoms with E-state index in [0.29, 0.717) is 13.1 Å². The number of hydrogen-bond acceptors (Lipinski definition) is 8. The molecule has 2 aliphatic heterocycles. The van der Waals surface area contributed by atoms with Crippen LogP contribution < -0.4 is 10.2 Å². The molecule has 0 bridgehead atoms. The predicted molar refractivity (Wildman–Crippen MR) is 95.2 cm³/mol. The molecule has 1 aromatic heterocycles. The van der Waals surface area contributed by atoms with Gasteiger partial charge in [-0.25, -0.2) is 9.59 Å². The summed E-state index contributed by atoms with van der Waals surface area (Å²) >= 11 is 0.